The Morgan fingerprint density at radius 1 is 0.929 bits per heavy atom. The van der Waals surface area contributed by atoms with E-state index in [1.807, 2.05) is 68.4 Å². The summed E-state index contributed by atoms with van der Waals surface area (Å²) in [7, 11) is 0. The fraction of sp³-hybridized carbons (Fsp3) is 0.174. The average molecular weight is 373 g/mol. The number of nitrogens with zero attached hydrogens (tertiary/aromatic N) is 1. The summed E-state index contributed by atoms with van der Waals surface area (Å²) in [6, 6.07) is 19.1. The first-order valence-electron chi connectivity index (χ1n) is 9.17. The highest BCUT2D eigenvalue weighted by atomic mass is 16.2. The molecular formula is C23H23N3O2. The van der Waals surface area contributed by atoms with Crippen molar-refractivity contribution in [1.82, 2.24) is 15.6 Å². The van der Waals surface area contributed by atoms with Gasteiger partial charge in [-0.25, -0.2) is 0 Å². The van der Waals surface area contributed by atoms with Gasteiger partial charge in [0.05, 0.1) is 17.2 Å². The second-order valence-electron chi connectivity index (χ2n) is 6.74. The highest BCUT2D eigenvalue weighted by molar-refractivity contribution is 5.99. The molecule has 142 valence electrons. The maximum atomic E-state index is 12.5. The number of pyridine rings is 1. The quantitative estimate of drug-likeness (QED) is 0.690. The van der Waals surface area contributed by atoms with E-state index >= 15 is 0 Å². The molecule has 2 N–H and O–H groups in total. The van der Waals surface area contributed by atoms with Gasteiger partial charge in [0.2, 0.25) is 0 Å². The Morgan fingerprint density at radius 3 is 2.36 bits per heavy atom. The molecule has 28 heavy (non-hydrogen) atoms. The third-order valence-electron chi connectivity index (χ3n) is 4.45. The smallest absolute Gasteiger partial charge is 0.253 e. The van der Waals surface area contributed by atoms with Crippen molar-refractivity contribution in [2.75, 3.05) is 0 Å². The van der Waals surface area contributed by atoms with E-state index in [9.17, 15) is 9.59 Å². The number of hydrogen-bond acceptors (Lipinski definition) is 3. The van der Waals surface area contributed by atoms with Gasteiger partial charge in [0.1, 0.15) is 0 Å². The molecule has 3 rings (SSSR count). The topological polar surface area (TPSA) is 71.1 Å². The maximum absolute atomic E-state index is 12.5. The van der Waals surface area contributed by atoms with Gasteiger partial charge >= 0.3 is 0 Å². The molecule has 3 aromatic rings. The monoisotopic (exact) mass is 373 g/mol. The third-order valence-corrected chi connectivity index (χ3v) is 4.45. The van der Waals surface area contributed by atoms with Crippen molar-refractivity contribution in [3.63, 3.8) is 0 Å². The largest absolute Gasteiger partial charge is 0.348 e. The molecule has 0 bridgehead atoms. The molecule has 1 atom stereocenters. The normalized spacial score (nSPS) is 11.5. The zero-order valence-electron chi connectivity index (χ0n) is 16.0. The number of aryl methyl sites for hydroxylation is 1. The number of nitrogens with one attached hydrogen (secondary N) is 2. The summed E-state index contributed by atoms with van der Waals surface area (Å²) >= 11 is 0. The summed E-state index contributed by atoms with van der Waals surface area (Å²) in [5.41, 5.74) is 3.88. The highest BCUT2D eigenvalue weighted by Gasteiger charge is 2.14. The minimum atomic E-state index is -0.266. The van der Waals surface area contributed by atoms with Gasteiger partial charge in [0, 0.05) is 18.9 Å². The number of rotatable bonds is 6. The van der Waals surface area contributed by atoms with E-state index in [2.05, 4.69) is 15.6 Å². The van der Waals surface area contributed by atoms with Gasteiger partial charge in [0.25, 0.3) is 11.8 Å². The number of carbonyl (C=O) groups is 2. The van der Waals surface area contributed by atoms with Crippen molar-refractivity contribution in [2.24, 2.45) is 0 Å². The average Bonchev–Trinajstić information content (AvgIpc) is 2.72. The van der Waals surface area contributed by atoms with Gasteiger partial charge in [0.15, 0.2) is 0 Å². The lowest BCUT2D eigenvalue weighted by Crippen LogP contribution is -2.28. The Hall–Kier alpha value is -3.47. The molecule has 0 spiro atoms. The van der Waals surface area contributed by atoms with Gasteiger partial charge < -0.3 is 10.6 Å². The summed E-state index contributed by atoms with van der Waals surface area (Å²) < 4.78 is 0. The van der Waals surface area contributed by atoms with Crippen molar-refractivity contribution >= 4 is 11.8 Å². The molecule has 1 heterocycles. The van der Waals surface area contributed by atoms with Gasteiger partial charge in [-0.15, -0.1) is 0 Å². The molecular weight excluding hydrogens is 350 g/mol. The molecule has 0 aliphatic heterocycles. The molecule has 0 aliphatic rings. The Labute approximate surface area is 164 Å². The molecule has 0 fully saturated rings. The van der Waals surface area contributed by atoms with Crippen LogP contribution < -0.4 is 10.6 Å². The predicted octanol–water partition coefficient (Wildman–Crippen LogP) is 3.81. The second-order valence-corrected chi connectivity index (χ2v) is 6.74. The van der Waals surface area contributed by atoms with Crippen molar-refractivity contribution in [3.8, 4) is 0 Å². The Kier molecular flexibility index (Phi) is 6.17. The van der Waals surface area contributed by atoms with E-state index in [0.29, 0.717) is 17.7 Å². The van der Waals surface area contributed by atoms with Crippen LogP contribution in [0.3, 0.4) is 0 Å². The zero-order chi connectivity index (χ0) is 19.9. The SMILES string of the molecule is Cc1cccc(CNC(=O)c2cncc(C(=O)NC(C)c3ccccc3)c2)c1. The lowest BCUT2D eigenvalue weighted by atomic mass is 10.1. The van der Waals surface area contributed by atoms with E-state index in [1.54, 1.807) is 6.07 Å². The van der Waals surface area contributed by atoms with Gasteiger partial charge in [-0.3, -0.25) is 14.6 Å². The number of amides is 2. The molecule has 2 aromatic carbocycles. The Bertz CT molecular complexity index is 970. The zero-order valence-corrected chi connectivity index (χ0v) is 16.0. The summed E-state index contributed by atoms with van der Waals surface area (Å²) in [4.78, 5) is 29.0. The minimum Gasteiger partial charge on any atom is -0.348 e. The van der Waals surface area contributed by atoms with Crippen LogP contribution in [-0.2, 0) is 6.54 Å². The van der Waals surface area contributed by atoms with Crippen LogP contribution in [0.25, 0.3) is 0 Å². The van der Waals surface area contributed by atoms with Crippen molar-refractivity contribution in [2.45, 2.75) is 26.4 Å². The molecule has 0 saturated carbocycles. The second kappa shape index (κ2) is 8.95. The van der Waals surface area contributed by atoms with Crippen molar-refractivity contribution in [3.05, 3.63) is 101 Å². The summed E-state index contributed by atoms with van der Waals surface area (Å²) in [6.07, 6.45) is 2.92. The molecule has 0 radical (unpaired) electrons. The first-order chi connectivity index (χ1) is 13.5. The fourth-order valence-electron chi connectivity index (χ4n) is 2.90. The lowest BCUT2D eigenvalue weighted by Gasteiger charge is -2.14. The minimum absolute atomic E-state index is 0.146. The first-order valence-corrected chi connectivity index (χ1v) is 9.17. The summed E-state index contributed by atoms with van der Waals surface area (Å²) in [5.74, 6) is -0.531. The van der Waals surface area contributed by atoms with Gasteiger partial charge in [-0.05, 0) is 31.0 Å². The number of hydrogen-bond donors (Lipinski definition) is 2. The molecule has 5 heteroatoms. The van der Waals surface area contributed by atoms with E-state index < -0.39 is 0 Å². The van der Waals surface area contributed by atoms with E-state index in [-0.39, 0.29) is 17.9 Å². The predicted molar refractivity (Wildman–Crippen MR) is 109 cm³/mol. The van der Waals surface area contributed by atoms with Gasteiger partial charge in [-0.1, -0.05) is 60.2 Å². The number of carbonyl (C=O) groups excluding carboxylic acids is 2. The van der Waals surface area contributed by atoms with E-state index in [0.717, 1.165) is 16.7 Å². The van der Waals surface area contributed by atoms with Crippen LogP contribution in [0.1, 0.15) is 50.4 Å². The van der Waals surface area contributed by atoms with Crippen LogP contribution >= 0.6 is 0 Å². The first kappa shape index (κ1) is 19.3. The lowest BCUT2D eigenvalue weighted by molar-refractivity contribution is 0.0939. The molecule has 0 aliphatic carbocycles. The maximum Gasteiger partial charge on any atom is 0.253 e. The Morgan fingerprint density at radius 2 is 1.64 bits per heavy atom. The molecule has 5 nitrogen and oxygen atoms in total. The van der Waals surface area contributed by atoms with E-state index in [4.69, 9.17) is 0 Å². The van der Waals surface area contributed by atoms with Crippen LogP contribution in [-0.4, -0.2) is 16.8 Å². The number of aromatic nitrogens is 1. The highest BCUT2D eigenvalue weighted by Crippen LogP contribution is 2.13. The third kappa shape index (κ3) is 5.04. The van der Waals surface area contributed by atoms with Crippen LogP contribution in [0.2, 0.25) is 0 Å². The standard InChI is InChI=1S/C23H23N3O2/c1-16-7-6-8-18(11-16)13-25-22(27)20-12-21(15-24-14-20)23(28)26-17(2)19-9-4-3-5-10-19/h3-12,14-15,17H,13H2,1-2H3,(H,25,27)(H,26,28). The van der Waals surface area contributed by atoms with E-state index in [1.165, 1.54) is 12.4 Å². The van der Waals surface area contributed by atoms with Crippen LogP contribution in [0.4, 0.5) is 0 Å². The Balaban J connectivity index is 1.64. The molecule has 1 unspecified atom stereocenters. The number of benzene rings is 2. The molecule has 2 amide bonds. The summed E-state index contributed by atoms with van der Waals surface area (Å²) in [6.45, 7) is 4.34. The summed E-state index contributed by atoms with van der Waals surface area (Å²) in [5, 5.41) is 5.80. The fourth-order valence-corrected chi connectivity index (χ4v) is 2.90. The van der Waals surface area contributed by atoms with Crippen LogP contribution in [0, 0.1) is 6.92 Å². The molecule has 1 aromatic heterocycles. The molecule has 0 saturated heterocycles. The van der Waals surface area contributed by atoms with Crippen molar-refractivity contribution in [1.29, 1.82) is 0 Å². The van der Waals surface area contributed by atoms with Crippen LogP contribution in [0.15, 0.2) is 73.1 Å². The van der Waals surface area contributed by atoms with Crippen LogP contribution in [0.5, 0.6) is 0 Å². The van der Waals surface area contributed by atoms with Crippen molar-refractivity contribution < 1.29 is 9.59 Å². The van der Waals surface area contributed by atoms with Gasteiger partial charge in [-0.2, -0.15) is 0 Å².